The lowest BCUT2D eigenvalue weighted by Crippen LogP contribution is -2.25. The first kappa shape index (κ1) is 15.5. The van der Waals surface area contributed by atoms with Gasteiger partial charge in [-0.15, -0.1) is 0 Å². The van der Waals surface area contributed by atoms with E-state index in [2.05, 4.69) is 5.32 Å². The summed E-state index contributed by atoms with van der Waals surface area (Å²) in [5.41, 5.74) is 1.23. The molecule has 21 heavy (non-hydrogen) atoms. The Morgan fingerprint density at radius 3 is 2.71 bits per heavy atom. The van der Waals surface area contributed by atoms with E-state index in [1.54, 1.807) is 18.2 Å². The van der Waals surface area contributed by atoms with Gasteiger partial charge in [-0.3, -0.25) is 4.79 Å². The van der Waals surface area contributed by atoms with E-state index >= 15 is 0 Å². The van der Waals surface area contributed by atoms with Crippen LogP contribution in [0.4, 0.5) is 0 Å². The highest BCUT2D eigenvalue weighted by Gasteiger charge is 2.15. The van der Waals surface area contributed by atoms with Gasteiger partial charge in [-0.1, -0.05) is 37.8 Å². The number of benzene rings is 1. The van der Waals surface area contributed by atoms with Crippen LogP contribution in [0.2, 0.25) is 0 Å². The highest BCUT2D eigenvalue weighted by Crippen LogP contribution is 2.28. The molecular weight excluding hydrogens is 266 g/mol. The van der Waals surface area contributed by atoms with Crippen molar-refractivity contribution in [1.82, 2.24) is 5.32 Å². The fourth-order valence-corrected chi connectivity index (χ4v) is 2.93. The number of carbonyl (C=O) groups excluding carboxylic acids is 1. The van der Waals surface area contributed by atoms with E-state index in [-0.39, 0.29) is 5.91 Å². The van der Waals surface area contributed by atoms with Gasteiger partial charge in [-0.05, 0) is 36.5 Å². The highest BCUT2D eigenvalue weighted by atomic mass is 16.4. The second-order valence-electron chi connectivity index (χ2n) is 5.79. The summed E-state index contributed by atoms with van der Waals surface area (Å²) in [6.45, 7) is 0.562. The van der Waals surface area contributed by atoms with Crippen molar-refractivity contribution in [3.05, 3.63) is 35.4 Å². The van der Waals surface area contributed by atoms with E-state index in [4.69, 9.17) is 5.11 Å². The van der Waals surface area contributed by atoms with E-state index in [0.717, 1.165) is 17.9 Å². The van der Waals surface area contributed by atoms with Crippen molar-refractivity contribution in [2.24, 2.45) is 5.92 Å². The molecule has 0 bridgehead atoms. The van der Waals surface area contributed by atoms with Crippen LogP contribution in [-0.4, -0.2) is 23.5 Å². The van der Waals surface area contributed by atoms with Gasteiger partial charge in [0.1, 0.15) is 0 Å². The Morgan fingerprint density at radius 1 is 1.24 bits per heavy atom. The van der Waals surface area contributed by atoms with Crippen molar-refractivity contribution in [3.63, 3.8) is 0 Å². The van der Waals surface area contributed by atoms with Gasteiger partial charge in [0.15, 0.2) is 0 Å². The predicted octanol–water partition coefficient (Wildman–Crippen LogP) is 3.01. The fraction of sp³-hybridized carbons (Fsp3) is 0.529. The number of hydrogen-bond acceptors (Lipinski definition) is 2. The molecule has 1 aromatic rings. The number of carboxylic acid groups (broad SMARTS) is 1. The number of hydrogen-bond donors (Lipinski definition) is 2. The SMILES string of the molecule is O=C(CCC1CCCC1)NCCc1cccc(C(=O)O)c1. The first-order chi connectivity index (χ1) is 10.1. The molecule has 114 valence electrons. The normalized spacial score (nSPS) is 15.0. The Morgan fingerprint density at radius 2 is 2.00 bits per heavy atom. The van der Waals surface area contributed by atoms with E-state index in [9.17, 15) is 9.59 Å². The quantitative estimate of drug-likeness (QED) is 0.811. The molecule has 2 rings (SSSR count). The average molecular weight is 289 g/mol. The lowest BCUT2D eigenvalue weighted by molar-refractivity contribution is -0.121. The topological polar surface area (TPSA) is 66.4 Å². The third kappa shape index (κ3) is 5.21. The molecule has 4 heteroatoms. The number of amides is 1. The van der Waals surface area contributed by atoms with Gasteiger partial charge in [0, 0.05) is 13.0 Å². The summed E-state index contributed by atoms with van der Waals surface area (Å²) in [5, 5.41) is 11.8. The van der Waals surface area contributed by atoms with Crippen molar-refractivity contribution in [3.8, 4) is 0 Å². The molecule has 0 atom stereocenters. The molecule has 0 unspecified atom stereocenters. The van der Waals surface area contributed by atoms with Crippen LogP contribution in [0.25, 0.3) is 0 Å². The maximum atomic E-state index is 11.8. The smallest absolute Gasteiger partial charge is 0.335 e. The predicted molar refractivity (Wildman–Crippen MR) is 81.3 cm³/mol. The van der Waals surface area contributed by atoms with E-state index in [1.807, 2.05) is 6.07 Å². The minimum atomic E-state index is -0.919. The van der Waals surface area contributed by atoms with Gasteiger partial charge in [-0.25, -0.2) is 4.79 Å². The van der Waals surface area contributed by atoms with Crippen molar-refractivity contribution < 1.29 is 14.7 Å². The van der Waals surface area contributed by atoms with Gasteiger partial charge >= 0.3 is 5.97 Å². The summed E-state index contributed by atoms with van der Waals surface area (Å²) >= 11 is 0. The van der Waals surface area contributed by atoms with E-state index in [0.29, 0.717) is 24.9 Å². The Kier molecular flexibility index (Phi) is 5.78. The molecule has 0 radical (unpaired) electrons. The minimum absolute atomic E-state index is 0.108. The molecule has 0 saturated heterocycles. The summed E-state index contributed by atoms with van der Waals surface area (Å²) in [4.78, 5) is 22.6. The standard InChI is InChI=1S/C17H23NO3/c19-16(9-8-13-4-1-2-5-13)18-11-10-14-6-3-7-15(12-14)17(20)21/h3,6-7,12-13H,1-2,4-5,8-11H2,(H,18,19)(H,20,21). The van der Waals surface area contributed by atoms with Crippen LogP contribution in [0.1, 0.15) is 54.4 Å². The molecule has 1 fully saturated rings. The third-order valence-electron chi connectivity index (χ3n) is 4.16. The first-order valence-electron chi connectivity index (χ1n) is 7.74. The molecule has 0 aliphatic heterocycles. The second-order valence-corrected chi connectivity index (χ2v) is 5.79. The van der Waals surface area contributed by atoms with Crippen LogP contribution in [-0.2, 0) is 11.2 Å². The van der Waals surface area contributed by atoms with Gasteiger partial charge in [0.2, 0.25) is 5.91 Å². The number of aromatic carboxylic acids is 1. The fourth-order valence-electron chi connectivity index (χ4n) is 2.93. The molecule has 1 amide bonds. The van der Waals surface area contributed by atoms with Crippen LogP contribution in [0.3, 0.4) is 0 Å². The zero-order valence-corrected chi connectivity index (χ0v) is 12.3. The Balaban J connectivity index is 1.67. The molecule has 1 aromatic carbocycles. The van der Waals surface area contributed by atoms with Crippen LogP contribution < -0.4 is 5.32 Å². The largest absolute Gasteiger partial charge is 0.478 e. The second kappa shape index (κ2) is 7.81. The van der Waals surface area contributed by atoms with Crippen LogP contribution >= 0.6 is 0 Å². The van der Waals surface area contributed by atoms with Crippen LogP contribution in [0.5, 0.6) is 0 Å². The number of carbonyl (C=O) groups is 2. The van der Waals surface area contributed by atoms with Gasteiger partial charge < -0.3 is 10.4 Å². The highest BCUT2D eigenvalue weighted by molar-refractivity contribution is 5.87. The minimum Gasteiger partial charge on any atom is -0.478 e. The lowest BCUT2D eigenvalue weighted by Gasteiger charge is -2.09. The van der Waals surface area contributed by atoms with Gasteiger partial charge in [0.05, 0.1) is 5.56 Å². The van der Waals surface area contributed by atoms with Crippen LogP contribution in [0, 0.1) is 5.92 Å². The monoisotopic (exact) mass is 289 g/mol. The van der Waals surface area contributed by atoms with E-state index < -0.39 is 5.97 Å². The Hall–Kier alpha value is -1.84. The zero-order chi connectivity index (χ0) is 15.1. The molecular formula is C17H23NO3. The van der Waals surface area contributed by atoms with Gasteiger partial charge in [-0.2, -0.15) is 0 Å². The molecule has 0 heterocycles. The lowest BCUT2D eigenvalue weighted by atomic mass is 10.0. The molecule has 1 aliphatic carbocycles. The number of nitrogens with one attached hydrogen (secondary N) is 1. The van der Waals surface area contributed by atoms with Crippen molar-refractivity contribution in [2.45, 2.75) is 44.9 Å². The summed E-state index contributed by atoms with van der Waals surface area (Å²) in [5.74, 6) is -0.0725. The van der Waals surface area contributed by atoms with Crippen LogP contribution in [0.15, 0.2) is 24.3 Å². The van der Waals surface area contributed by atoms with Crippen molar-refractivity contribution in [1.29, 1.82) is 0 Å². The Labute approximate surface area is 125 Å². The maximum absolute atomic E-state index is 11.8. The zero-order valence-electron chi connectivity index (χ0n) is 12.3. The third-order valence-corrected chi connectivity index (χ3v) is 4.16. The number of rotatable bonds is 7. The summed E-state index contributed by atoms with van der Waals surface area (Å²) < 4.78 is 0. The molecule has 0 aromatic heterocycles. The molecule has 4 nitrogen and oxygen atoms in total. The Bertz CT molecular complexity index is 493. The first-order valence-corrected chi connectivity index (χ1v) is 7.74. The summed E-state index contributed by atoms with van der Waals surface area (Å²) in [6.07, 6.45) is 7.44. The van der Waals surface area contributed by atoms with E-state index in [1.165, 1.54) is 25.7 Å². The molecule has 1 aliphatic rings. The molecule has 0 spiro atoms. The summed E-state index contributed by atoms with van der Waals surface area (Å²) in [6, 6.07) is 6.86. The molecule has 1 saturated carbocycles. The molecule has 2 N–H and O–H groups in total. The van der Waals surface area contributed by atoms with Crippen molar-refractivity contribution in [2.75, 3.05) is 6.54 Å². The maximum Gasteiger partial charge on any atom is 0.335 e. The van der Waals surface area contributed by atoms with Crippen molar-refractivity contribution >= 4 is 11.9 Å². The number of carboxylic acids is 1. The summed E-state index contributed by atoms with van der Waals surface area (Å²) in [7, 11) is 0. The average Bonchev–Trinajstić information content (AvgIpc) is 2.99. The van der Waals surface area contributed by atoms with Gasteiger partial charge in [0.25, 0.3) is 0 Å².